The molecule has 2 N–H and O–H groups in total. The van der Waals surface area contributed by atoms with Crippen LogP contribution >= 0.6 is 11.6 Å². The molecular weight excluding hydrogens is 266 g/mol. The van der Waals surface area contributed by atoms with Crippen LogP contribution in [0.1, 0.15) is 10.4 Å². The molecule has 0 spiro atoms. The summed E-state index contributed by atoms with van der Waals surface area (Å²) in [5, 5.41) is 12.3. The van der Waals surface area contributed by atoms with Crippen LogP contribution in [-0.4, -0.2) is 18.1 Å². The lowest BCUT2D eigenvalue weighted by atomic mass is 10.2. The molecule has 0 heterocycles. The highest BCUT2D eigenvalue weighted by atomic mass is 35.5. The van der Waals surface area contributed by atoms with Gasteiger partial charge in [0.15, 0.2) is 0 Å². The fourth-order valence-electron chi connectivity index (χ4n) is 1.62. The number of carbonyl (C=O) groups is 1. The fourth-order valence-corrected chi connectivity index (χ4v) is 1.83. The molecule has 19 heavy (non-hydrogen) atoms. The largest absolute Gasteiger partial charge is 0.508 e. The highest BCUT2D eigenvalue weighted by Gasteiger charge is 2.13. The highest BCUT2D eigenvalue weighted by molar-refractivity contribution is 6.34. The fraction of sp³-hybridized carbons (Fsp3) is 0.0714. The van der Waals surface area contributed by atoms with Crippen LogP contribution in [0.4, 0.5) is 5.69 Å². The number of aromatic hydroxyl groups is 1. The van der Waals surface area contributed by atoms with Crippen molar-refractivity contribution in [3.63, 3.8) is 0 Å². The Hall–Kier alpha value is -2.20. The molecule has 98 valence electrons. The summed E-state index contributed by atoms with van der Waals surface area (Å²) >= 11 is 5.93. The van der Waals surface area contributed by atoms with Crippen LogP contribution in [0.3, 0.4) is 0 Å². The number of benzene rings is 2. The molecule has 0 saturated heterocycles. The third-order valence-electron chi connectivity index (χ3n) is 2.55. The molecule has 0 fully saturated rings. The second-order valence-corrected chi connectivity index (χ2v) is 4.23. The summed E-state index contributed by atoms with van der Waals surface area (Å²) in [4.78, 5) is 12.1. The maximum atomic E-state index is 12.1. The van der Waals surface area contributed by atoms with E-state index in [0.29, 0.717) is 11.4 Å². The molecule has 1 amide bonds. The van der Waals surface area contributed by atoms with E-state index in [-0.39, 0.29) is 16.3 Å². The maximum absolute atomic E-state index is 12.1. The number of phenolic OH excluding ortho intramolecular Hbond substituents is 1. The number of halogens is 1. The predicted octanol–water partition coefficient (Wildman–Crippen LogP) is 3.31. The monoisotopic (exact) mass is 277 g/mol. The van der Waals surface area contributed by atoms with E-state index in [9.17, 15) is 9.90 Å². The van der Waals surface area contributed by atoms with Crippen molar-refractivity contribution in [3.05, 3.63) is 53.1 Å². The number of nitrogens with one attached hydrogen (secondary N) is 1. The average molecular weight is 278 g/mol. The molecule has 0 radical (unpaired) electrons. The minimum Gasteiger partial charge on any atom is -0.508 e. The van der Waals surface area contributed by atoms with Crippen LogP contribution in [-0.2, 0) is 0 Å². The van der Waals surface area contributed by atoms with Crippen LogP contribution in [0.2, 0.25) is 5.02 Å². The number of hydrogen-bond acceptors (Lipinski definition) is 3. The van der Waals surface area contributed by atoms with Gasteiger partial charge in [0.25, 0.3) is 5.91 Å². The standard InChI is InChI=1S/C14H12ClNO3/c1-19-13-5-3-2-4-12(13)16-14(18)10-8-9(17)6-7-11(10)15/h2-8,17H,1H3,(H,16,18). The minimum atomic E-state index is -0.412. The van der Waals surface area contributed by atoms with Crippen molar-refractivity contribution in [2.45, 2.75) is 0 Å². The Kier molecular flexibility index (Phi) is 3.92. The van der Waals surface area contributed by atoms with Crippen LogP contribution in [0.5, 0.6) is 11.5 Å². The van der Waals surface area contributed by atoms with Gasteiger partial charge in [-0.25, -0.2) is 0 Å². The molecule has 0 saturated carbocycles. The van der Waals surface area contributed by atoms with Gasteiger partial charge in [-0.05, 0) is 30.3 Å². The Morgan fingerprint density at radius 2 is 2.00 bits per heavy atom. The van der Waals surface area contributed by atoms with Crippen molar-refractivity contribution >= 4 is 23.2 Å². The topological polar surface area (TPSA) is 58.6 Å². The van der Waals surface area contributed by atoms with Gasteiger partial charge in [0, 0.05) is 0 Å². The summed E-state index contributed by atoms with van der Waals surface area (Å²) in [5.41, 5.74) is 0.738. The second-order valence-electron chi connectivity index (χ2n) is 3.82. The predicted molar refractivity (Wildman–Crippen MR) is 74.1 cm³/mol. The summed E-state index contributed by atoms with van der Waals surface area (Å²) in [5.74, 6) is 0.118. The van der Waals surface area contributed by atoms with E-state index < -0.39 is 5.91 Å². The number of anilines is 1. The van der Waals surface area contributed by atoms with Crippen molar-refractivity contribution in [2.75, 3.05) is 12.4 Å². The van der Waals surface area contributed by atoms with Gasteiger partial charge in [0.05, 0.1) is 23.4 Å². The quantitative estimate of drug-likeness (QED) is 0.905. The Bertz CT molecular complexity index is 613. The van der Waals surface area contributed by atoms with Crippen molar-refractivity contribution in [3.8, 4) is 11.5 Å². The van der Waals surface area contributed by atoms with Crippen LogP contribution in [0.25, 0.3) is 0 Å². The summed E-state index contributed by atoms with van der Waals surface area (Å²) < 4.78 is 5.14. The zero-order valence-electron chi connectivity index (χ0n) is 10.2. The van der Waals surface area contributed by atoms with E-state index in [1.807, 2.05) is 0 Å². The molecule has 2 aromatic carbocycles. The van der Waals surface area contributed by atoms with E-state index in [2.05, 4.69) is 5.32 Å². The lowest BCUT2D eigenvalue weighted by Crippen LogP contribution is -2.13. The van der Waals surface area contributed by atoms with Crippen molar-refractivity contribution < 1.29 is 14.6 Å². The third-order valence-corrected chi connectivity index (χ3v) is 2.88. The van der Waals surface area contributed by atoms with Crippen molar-refractivity contribution in [1.29, 1.82) is 0 Å². The highest BCUT2D eigenvalue weighted by Crippen LogP contribution is 2.26. The lowest BCUT2D eigenvalue weighted by Gasteiger charge is -2.10. The van der Waals surface area contributed by atoms with Gasteiger partial charge < -0.3 is 15.2 Å². The molecular formula is C14H12ClNO3. The van der Waals surface area contributed by atoms with Crippen LogP contribution in [0, 0.1) is 0 Å². The Balaban J connectivity index is 2.28. The van der Waals surface area contributed by atoms with E-state index >= 15 is 0 Å². The number of methoxy groups -OCH3 is 1. The number of phenols is 1. The van der Waals surface area contributed by atoms with Gasteiger partial charge in [0.2, 0.25) is 0 Å². The van der Waals surface area contributed by atoms with Gasteiger partial charge in [-0.1, -0.05) is 23.7 Å². The number of ether oxygens (including phenoxy) is 1. The molecule has 5 heteroatoms. The van der Waals surface area contributed by atoms with E-state index in [1.165, 1.54) is 25.3 Å². The SMILES string of the molecule is COc1ccccc1NC(=O)c1cc(O)ccc1Cl. The summed E-state index contributed by atoms with van der Waals surface area (Å²) in [6.45, 7) is 0. The number of rotatable bonds is 3. The summed E-state index contributed by atoms with van der Waals surface area (Å²) in [7, 11) is 1.52. The van der Waals surface area contributed by atoms with Gasteiger partial charge in [-0.15, -0.1) is 0 Å². The molecule has 2 aromatic rings. The first kappa shape index (κ1) is 13.2. The molecule has 0 aliphatic carbocycles. The maximum Gasteiger partial charge on any atom is 0.257 e. The Labute approximate surface area is 115 Å². The van der Waals surface area contributed by atoms with Gasteiger partial charge in [-0.2, -0.15) is 0 Å². The van der Waals surface area contributed by atoms with Gasteiger partial charge >= 0.3 is 0 Å². The lowest BCUT2D eigenvalue weighted by molar-refractivity contribution is 0.102. The number of para-hydroxylation sites is 2. The molecule has 2 rings (SSSR count). The Morgan fingerprint density at radius 3 is 2.74 bits per heavy atom. The van der Waals surface area contributed by atoms with Gasteiger partial charge in [-0.3, -0.25) is 4.79 Å². The van der Waals surface area contributed by atoms with Crippen LogP contribution < -0.4 is 10.1 Å². The molecule has 0 aliphatic rings. The number of carbonyl (C=O) groups excluding carboxylic acids is 1. The molecule has 4 nitrogen and oxygen atoms in total. The first-order chi connectivity index (χ1) is 9.11. The number of amides is 1. The molecule has 0 aromatic heterocycles. The zero-order valence-corrected chi connectivity index (χ0v) is 10.9. The zero-order chi connectivity index (χ0) is 13.8. The molecule has 0 aliphatic heterocycles. The van der Waals surface area contributed by atoms with Crippen LogP contribution in [0.15, 0.2) is 42.5 Å². The molecule has 0 bridgehead atoms. The third kappa shape index (κ3) is 2.98. The Morgan fingerprint density at radius 1 is 1.26 bits per heavy atom. The average Bonchev–Trinajstić information content (AvgIpc) is 2.42. The van der Waals surface area contributed by atoms with Gasteiger partial charge in [0.1, 0.15) is 11.5 Å². The van der Waals surface area contributed by atoms with E-state index in [0.717, 1.165) is 0 Å². The van der Waals surface area contributed by atoms with E-state index in [4.69, 9.17) is 16.3 Å². The van der Waals surface area contributed by atoms with Crippen molar-refractivity contribution in [2.24, 2.45) is 0 Å². The first-order valence-corrected chi connectivity index (χ1v) is 5.92. The van der Waals surface area contributed by atoms with E-state index in [1.54, 1.807) is 24.3 Å². The molecule has 0 unspecified atom stereocenters. The second kappa shape index (κ2) is 5.63. The summed E-state index contributed by atoms with van der Waals surface area (Å²) in [6, 6.07) is 11.2. The normalized spacial score (nSPS) is 10.0. The first-order valence-electron chi connectivity index (χ1n) is 5.54. The smallest absolute Gasteiger partial charge is 0.257 e. The molecule has 0 atom stereocenters. The summed E-state index contributed by atoms with van der Waals surface area (Å²) in [6.07, 6.45) is 0. The number of hydrogen-bond donors (Lipinski definition) is 2. The van der Waals surface area contributed by atoms with Crippen molar-refractivity contribution in [1.82, 2.24) is 0 Å². The minimum absolute atomic E-state index is 0.0189.